The highest BCUT2D eigenvalue weighted by atomic mass is 15.4. The molecular weight excluding hydrogens is 1150 g/mol. The minimum atomic E-state index is -0.0688. The fraction of sp³-hybridized carbons (Fsp3) is 0.870. The molecule has 5 aliphatic heterocycles. The molecule has 7 N–H and O–H groups in total. The van der Waals surface area contributed by atoms with Gasteiger partial charge in [0.15, 0.2) is 0 Å². The maximum absolute atomic E-state index is 5.52. The molecule has 8 heterocycles. The van der Waals surface area contributed by atoms with Gasteiger partial charge in [-0.1, -0.05) is 0 Å². The van der Waals surface area contributed by atoms with E-state index in [9.17, 15) is 0 Å². The van der Waals surface area contributed by atoms with E-state index in [1.165, 1.54) is 0 Å². The Morgan fingerprint density at radius 2 is 0.543 bits per heavy atom. The first-order valence-electron chi connectivity index (χ1n) is 34.9. The fourth-order valence-corrected chi connectivity index (χ4v) is 17.5. The summed E-state index contributed by atoms with van der Waals surface area (Å²) in [5.41, 5.74) is -0.464. The molecule has 520 valence electrons. The van der Waals surface area contributed by atoms with Crippen LogP contribution in [0.25, 0.3) is 0 Å². The van der Waals surface area contributed by atoms with E-state index in [4.69, 9.17) is 44.9 Å². The van der Waals surface area contributed by atoms with Crippen LogP contribution in [0.2, 0.25) is 0 Å². The summed E-state index contributed by atoms with van der Waals surface area (Å²) in [6.45, 7) is 52.5. The van der Waals surface area contributed by atoms with Crippen LogP contribution in [0.4, 0.5) is 47.6 Å². The summed E-state index contributed by atoms with van der Waals surface area (Å²) in [4.78, 5) is 63.2. The van der Waals surface area contributed by atoms with Crippen molar-refractivity contribution >= 4 is 47.6 Å². The topological polar surface area (TPSA) is 223 Å². The minimum absolute atomic E-state index is 0.00473. The maximum atomic E-state index is 5.52. The Kier molecular flexibility index (Phi) is 21.4. The maximum Gasteiger partial charge on any atom is 0.232 e. The summed E-state index contributed by atoms with van der Waals surface area (Å²) in [5.74, 6) is 6.11. The predicted octanol–water partition coefficient (Wildman–Crippen LogP) is 9.02. The molecule has 8 rings (SSSR count). The molecule has 5 fully saturated rings. The summed E-state index contributed by atoms with van der Waals surface area (Å²) < 4.78 is 0. The van der Waals surface area contributed by atoms with Crippen molar-refractivity contribution in [2.45, 2.75) is 308 Å². The standard InChI is InChI=1S/C69H129N23/c1-46-72-52(74-54(73-46)87(23)47-36-60(2,3)81-61(4,5)37-47)70-30-28-32-86(22)34-35-92(59-79-57(90(26)50-42-66(14,15)84-67(16,17)43-50)78-58(80-59)91(27)51-44-68(18,19)85-69(20,21)45-51)33-29-31-71-53-75-55(88(24)48-38-62(6,7)82-63(8,9)39-48)77-56(76-53)89(25)49-40-64(10,11)83-65(12,13)41-49/h47-51,81-85H,28-45H2,1-27H3,(H,70,72,73,74)(H,71,75,76,77). The third-order valence-corrected chi connectivity index (χ3v) is 20.0. The molecule has 0 saturated carbocycles. The molecule has 0 atom stereocenters. The number of anilines is 8. The normalized spacial score (nSPS) is 23.4. The van der Waals surface area contributed by atoms with Crippen molar-refractivity contribution in [3.05, 3.63) is 5.82 Å². The average molecular weight is 1280 g/mol. The molecule has 3 aromatic rings. The Morgan fingerprint density at radius 1 is 0.304 bits per heavy atom. The second-order valence-corrected chi connectivity index (χ2v) is 35.7. The van der Waals surface area contributed by atoms with Crippen LogP contribution in [0.15, 0.2) is 0 Å². The van der Waals surface area contributed by atoms with Crippen LogP contribution < -0.4 is 66.6 Å². The van der Waals surface area contributed by atoms with Crippen molar-refractivity contribution in [2.75, 3.05) is 122 Å². The van der Waals surface area contributed by atoms with Crippen molar-refractivity contribution in [1.82, 2.24) is 76.3 Å². The first-order chi connectivity index (χ1) is 42.2. The number of likely N-dealkylation sites (N-methyl/N-ethyl adjacent to an activating group) is 1. The third kappa shape index (κ3) is 19.9. The second-order valence-electron chi connectivity index (χ2n) is 35.7. The van der Waals surface area contributed by atoms with Crippen LogP contribution in [-0.4, -0.2) is 217 Å². The molecule has 5 saturated heterocycles. The fourth-order valence-electron chi connectivity index (χ4n) is 17.5. The quantitative estimate of drug-likeness (QED) is 0.0416. The van der Waals surface area contributed by atoms with Gasteiger partial charge >= 0.3 is 0 Å². The van der Waals surface area contributed by atoms with E-state index in [-0.39, 0.29) is 79.6 Å². The number of piperidine rings is 5. The lowest BCUT2D eigenvalue weighted by atomic mass is 9.79. The summed E-state index contributed by atoms with van der Waals surface area (Å²) in [6.07, 6.45) is 11.4. The molecule has 0 amide bonds. The van der Waals surface area contributed by atoms with E-state index in [0.29, 0.717) is 79.1 Å². The molecular formula is C69H129N23. The highest BCUT2D eigenvalue weighted by Gasteiger charge is 2.45. The van der Waals surface area contributed by atoms with E-state index in [1.807, 2.05) is 6.92 Å². The number of hydrogen-bond donors (Lipinski definition) is 7. The number of hydrogen-bond acceptors (Lipinski definition) is 23. The molecule has 0 spiro atoms. The summed E-state index contributed by atoms with van der Waals surface area (Å²) in [5, 5.41) is 26.7. The van der Waals surface area contributed by atoms with E-state index >= 15 is 0 Å². The van der Waals surface area contributed by atoms with Crippen molar-refractivity contribution in [3.63, 3.8) is 0 Å². The Balaban J connectivity index is 1.06. The summed E-state index contributed by atoms with van der Waals surface area (Å²) >= 11 is 0. The van der Waals surface area contributed by atoms with E-state index < -0.39 is 0 Å². The SMILES string of the molecule is Cc1nc(NCCCN(C)CCN(CCCNc2nc(N(C)C3CC(C)(C)NC(C)(C)C3)nc(N(C)C3CC(C)(C)NC(C)(C)C3)n2)c2nc(N(C)C3CC(C)(C)NC(C)(C)C3)nc(N(C)C3CC(C)(C)NC(C)(C)C3)n2)nc(N(C)C2CC(C)(C)NC(C)(C)C2)n1. The Hall–Kier alpha value is -4.81. The summed E-state index contributed by atoms with van der Waals surface area (Å²) in [7, 11) is 13.1. The average Bonchev–Trinajstić information content (AvgIpc) is 0.833. The highest BCUT2D eigenvalue weighted by Crippen LogP contribution is 2.39. The number of aromatic nitrogens is 9. The van der Waals surface area contributed by atoms with Crippen LogP contribution in [0.3, 0.4) is 0 Å². The minimum Gasteiger partial charge on any atom is -0.354 e. The number of nitrogens with zero attached hydrogens (tertiary/aromatic N) is 16. The molecule has 23 heteroatoms. The van der Waals surface area contributed by atoms with Gasteiger partial charge in [0.1, 0.15) is 5.82 Å². The van der Waals surface area contributed by atoms with Gasteiger partial charge in [-0.3, -0.25) is 0 Å². The Morgan fingerprint density at radius 3 is 0.837 bits per heavy atom. The van der Waals surface area contributed by atoms with E-state index in [1.54, 1.807) is 0 Å². The highest BCUT2D eigenvalue weighted by molar-refractivity contribution is 5.49. The molecule has 5 aliphatic rings. The molecule has 0 bridgehead atoms. The van der Waals surface area contributed by atoms with Gasteiger partial charge in [0, 0.05) is 154 Å². The summed E-state index contributed by atoms with van der Waals surface area (Å²) in [6, 6.07) is 1.18. The number of rotatable bonds is 24. The predicted molar refractivity (Wildman–Crippen MR) is 384 cm³/mol. The second kappa shape index (κ2) is 27.0. The zero-order valence-corrected chi connectivity index (χ0v) is 62.8. The lowest BCUT2D eigenvalue weighted by Gasteiger charge is -2.49. The van der Waals surface area contributed by atoms with E-state index in [0.717, 1.165) is 96.7 Å². The molecule has 23 nitrogen and oxygen atoms in total. The smallest absolute Gasteiger partial charge is 0.232 e. The van der Waals surface area contributed by atoms with Crippen molar-refractivity contribution in [3.8, 4) is 0 Å². The molecule has 0 aromatic carbocycles. The van der Waals surface area contributed by atoms with Gasteiger partial charge in [0.2, 0.25) is 47.6 Å². The Labute approximate surface area is 557 Å². The zero-order valence-electron chi connectivity index (χ0n) is 62.8. The van der Waals surface area contributed by atoms with Crippen LogP contribution in [0.1, 0.15) is 221 Å². The van der Waals surface area contributed by atoms with Gasteiger partial charge in [-0.15, -0.1) is 0 Å². The van der Waals surface area contributed by atoms with Gasteiger partial charge in [0.05, 0.1) is 0 Å². The van der Waals surface area contributed by atoms with Crippen molar-refractivity contribution in [2.24, 2.45) is 0 Å². The van der Waals surface area contributed by atoms with Gasteiger partial charge in [-0.2, -0.15) is 44.9 Å². The lowest BCUT2D eigenvalue weighted by molar-refractivity contribution is 0.159. The van der Waals surface area contributed by atoms with Gasteiger partial charge < -0.3 is 71.5 Å². The van der Waals surface area contributed by atoms with Gasteiger partial charge in [-0.05, 0) is 236 Å². The molecule has 0 radical (unpaired) electrons. The van der Waals surface area contributed by atoms with Gasteiger partial charge in [0.25, 0.3) is 0 Å². The van der Waals surface area contributed by atoms with Crippen LogP contribution in [0.5, 0.6) is 0 Å². The van der Waals surface area contributed by atoms with Crippen molar-refractivity contribution < 1.29 is 0 Å². The first-order valence-corrected chi connectivity index (χ1v) is 34.9. The lowest BCUT2D eigenvalue weighted by Crippen LogP contribution is -2.62. The van der Waals surface area contributed by atoms with Crippen LogP contribution in [-0.2, 0) is 0 Å². The number of aryl methyl sites for hydroxylation is 1. The monoisotopic (exact) mass is 1280 g/mol. The van der Waals surface area contributed by atoms with Crippen molar-refractivity contribution in [1.29, 1.82) is 0 Å². The van der Waals surface area contributed by atoms with Crippen LogP contribution in [0, 0.1) is 6.92 Å². The molecule has 0 unspecified atom stereocenters. The molecule has 3 aromatic heterocycles. The first kappa shape index (κ1) is 73.0. The van der Waals surface area contributed by atoms with Crippen LogP contribution >= 0.6 is 0 Å². The molecule has 92 heavy (non-hydrogen) atoms. The Bertz CT molecular complexity index is 2750. The zero-order chi connectivity index (χ0) is 68.2. The van der Waals surface area contributed by atoms with E-state index in [2.05, 4.69) is 252 Å². The third-order valence-electron chi connectivity index (χ3n) is 20.0. The largest absolute Gasteiger partial charge is 0.354 e. The number of nitrogens with one attached hydrogen (secondary N) is 7. The van der Waals surface area contributed by atoms with Gasteiger partial charge in [-0.25, -0.2) is 0 Å². The molecule has 0 aliphatic carbocycles.